The molecule has 2 atom stereocenters. The summed E-state index contributed by atoms with van der Waals surface area (Å²) in [5.74, 6) is -2.03. The van der Waals surface area contributed by atoms with Crippen molar-refractivity contribution in [3.8, 4) is 0 Å². The number of hydrogen-bond acceptors (Lipinski definition) is 7. The van der Waals surface area contributed by atoms with E-state index in [0.717, 1.165) is 83.5 Å². The van der Waals surface area contributed by atoms with Crippen LogP contribution in [-0.4, -0.2) is 87.4 Å². The van der Waals surface area contributed by atoms with Gasteiger partial charge in [-0.2, -0.15) is 0 Å². The fraction of sp³-hybridized carbons (Fsp3) is 0.755. The summed E-state index contributed by atoms with van der Waals surface area (Å²) in [6.45, 7) is 4.74. The van der Waals surface area contributed by atoms with Crippen molar-refractivity contribution >= 4 is 17.9 Å². The molecule has 0 aliphatic rings. The van der Waals surface area contributed by atoms with Crippen LogP contribution in [0.25, 0.3) is 0 Å². The number of nitrogens with zero attached hydrogens (tertiary/aromatic N) is 1. The minimum absolute atomic E-state index is 0.182. The van der Waals surface area contributed by atoms with Crippen LogP contribution in [0, 0.1) is 0 Å². The number of ether oxygens (including phenoxy) is 4. The van der Waals surface area contributed by atoms with E-state index in [0.29, 0.717) is 23.9 Å². The number of carboxylic acid groups (broad SMARTS) is 1. The van der Waals surface area contributed by atoms with E-state index < -0.39 is 24.3 Å². The summed E-state index contributed by atoms with van der Waals surface area (Å²) >= 11 is 0. The number of carbonyl (C=O) groups is 3. The molecule has 62 heavy (non-hydrogen) atoms. The Bertz CT molecular complexity index is 1200. The molecule has 0 saturated heterocycles. The van der Waals surface area contributed by atoms with Crippen LogP contribution < -0.4 is 0 Å². The highest BCUT2D eigenvalue weighted by Gasteiger charge is 2.25. The molecule has 0 aromatic rings. The maximum Gasteiger partial charge on any atom is 0.361 e. The molecule has 0 rings (SSSR count). The third kappa shape index (κ3) is 45.0. The van der Waals surface area contributed by atoms with Crippen LogP contribution >= 0.6 is 0 Å². The van der Waals surface area contributed by atoms with E-state index in [2.05, 4.69) is 74.6 Å². The third-order valence-electron chi connectivity index (χ3n) is 10.5. The second-order valence-electron chi connectivity index (χ2n) is 17.7. The summed E-state index contributed by atoms with van der Waals surface area (Å²) in [5, 5.41) is 9.66. The molecule has 0 fully saturated rings. The van der Waals surface area contributed by atoms with E-state index in [1.807, 2.05) is 21.1 Å². The van der Waals surface area contributed by atoms with Crippen molar-refractivity contribution in [1.29, 1.82) is 0 Å². The zero-order valence-electron chi connectivity index (χ0n) is 40.5. The van der Waals surface area contributed by atoms with Crippen LogP contribution in [0.1, 0.15) is 200 Å². The van der Waals surface area contributed by atoms with E-state index in [9.17, 15) is 19.5 Å². The Labute approximate surface area is 380 Å². The van der Waals surface area contributed by atoms with Gasteiger partial charge >= 0.3 is 17.9 Å². The molecule has 0 bridgehead atoms. The van der Waals surface area contributed by atoms with Gasteiger partial charge in [-0.1, -0.05) is 171 Å². The Balaban J connectivity index is 4.41. The number of quaternary nitrogens is 1. The largest absolute Gasteiger partial charge is 0.477 e. The van der Waals surface area contributed by atoms with Crippen molar-refractivity contribution in [2.24, 2.45) is 0 Å². The zero-order chi connectivity index (χ0) is 45.6. The number of unbranched alkanes of at least 4 members (excludes halogenated alkanes) is 20. The quantitative estimate of drug-likeness (QED) is 0.0212. The predicted octanol–water partition coefficient (Wildman–Crippen LogP) is 13.7. The number of aliphatic carboxylic acids is 1. The first-order chi connectivity index (χ1) is 30.1. The third-order valence-corrected chi connectivity index (χ3v) is 10.5. The highest BCUT2D eigenvalue weighted by Crippen LogP contribution is 2.14. The summed E-state index contributed by atoms with van der Waals surface area (Å²) in [6.07, 6.45) is 51.3. The second-order valence-corrected chi connectivity index (χ2v) is 17.7. The SMILES string of the molecule is CC/C=C\C/C=C\C/C=C\C/C=C\CCCCCCCCC(=O)OC(COC(=O)CCCCCCCCC/C=C\CCCCCCCCC)COC(OCC[N+](C)(C)C)C(=O)O. The monoisotopic (exact) mass is 873 g/mol. The maximum atomic E-state index is 12.8. The van der Waals surface area contributed by atoms with Crippen LogP contribution in [0.2, 0.25) is 0 Å². The molecular weight excluding hydrogens is 779 g/mol. The number of carboxylic acids is 1. The minimum Gasteiger partial charge on any atom is -0.477 e. The molecule has 9 nitrogen and oxygen atoms in total. The molecule has 0 aliphatic heterocycles. The molecule has 0 radical (unpaired) electrons. The van der Waals surface area contributed by atoms with Crippen molar-refractivity contribution in [2.75, 3.05) is 47.5 Å². The van der Waals surface area contributed by atoms with Gasteiger partial charge in [-0.15, -0.1) is 0 Å². The molecule has 0 spiro atoms. The lowest BCUT2D eigenvalue weighted by atomic mass is 10.1. The summed E-state index contributed by atoms with van der Waals surface area (Å²) in [5.41, 5.74) is 0. The highest BCUT2D eigenvalue weighted by atomic mass is 16.7. The van der Waals surface area contributed by atoms with Crippen molar-refractivity contribution in [3.63, 3.8) is 0 Å². The van der Waals surface area contributed by atoms with Crippen LogP contribution in [0.15, 0.2) is 60.8 Å². The van der Waals surface area contributed by atoms with Crippen molar-refractivity contribution in [1.82, 2.24) is 0 Å². The van der Waals surface area contributed by atoms with Crippen LogP contribution in [0.4, 0.5) is 0 Å². The molecule has 0 aromatic heterocycles. The first-order valence-electron chi connectivity index (χ1n) is 25.0. The topological polar surface area (TPSA) is 108 Å². The molecule has 9 heteroatoms. The number of likely N-dealkylation sites (N-methyl/N-ethyl adjacent to an activating group) is 1. The Morgan fingerprint density at radius 1 is 0.500 bits per heavy atom. The van der Waals surface area contributed by atoms with Gasteiger partial charge in [0.15, 0.2) is 6.10 Å². The van der Waals surface area contributed by atoms with Gasteiger partial charge in [0.05, 0.1) is 34.4 Å². The molecule has 0 saturated carbocycles. The highest BCUT2D eigenvalue weighted by molar-refractivity contribution is 5.71. The average Bonchev–Trinajstić information content (AvgIpc) is 3.23. The second kappa shape index (κ2) is 44.6. The first kappa shape index (κ1) is 59.0. The Hall–Kier alpha value is -3.01. The number of carbonyl (C=O) groups excluding carboxylic acids is 2. The minimum atomic E-state index is -1.52. The predicted molar refractivity (Wildman–Crippen MR) is 258 cm³/mol. The van der Waals surface area contributed by atoms with Gasteiger partial charge in [0.1, 0.15) is 13.2 Å². The van der Waals surface area contributed by atoms with Crippen LogP contribution in [0.5, 0.6) is 0 Å². The van der Waals surface area contributed by atoms with E-state index in [1.165, 1.54) is 83.5 Å². The normalized spacial score (nSPS) is 13.4. The zero-order valence-corrected chi connectivity index (χ0v) is 40.5. The Morgan fingerprint density at radius 2 is 0.919 bits per heavy atom. The molecule has 0 aromatic carbocycles. The molecule has 1 N–H and O–H groups in total. The number of hydrogen-bond donors (Lipinski definition) is 1. The van der Waals surface area contributed by atoms with Gasteiger partial charge in [-0.3, -0.25) is 9.59 Å². The van der Waals surface area contributed by atoms with Gasteiger partial charge in [-0.05, 0) is 77.0 Å². The van der Waals surface area contributed by atoms with Gasteiger partial charge in [0.2, 0.25) is 0 Å². The van der Waals surface area contributed by atoms with Crippen molar-refractivity contribution in [3.05, 3.63) is 60.8 Å². The van der Waals surface area contributed by atoms with Gasteiger partial charge in [0.25, 0.3) is 6.29 Å². The fourth-order valence-corrected chi connectivity index (χ4v) is 6.64. The number of allylic oxidation sites excluding steroid dienone is 10. The summed E-state index contributed by atoms with van der Waals surface area (Å²) < 4.78 is 22.8. The Kier molecular flexibility index (Phi) is 42.4. The molecular formula is C53H94NO8+. The molecule has 2 unspecified atom stereocenters. The molecule has 0 amide bonds. The number of esters is 2. The van der Waals surface area contributed by atoms with Crippen molar-refractivity contribution in [2.45, 2.75) is 212 Å². The number of rotatable bonds is 45. The molecule has 0 aliphatic carbocycles. The van der Waals surface area contributed by atoms with E-state index in [1.54, 1.807) is 0 Å². The Morgan fingerprint density at radius 3 is 1.39 bits per heavy atom. The van der Waals surface area contributed by atoms with Gasteiger partial charge in [0, 0.05) is 12.8 Å². The summed E-state index contributed by atoms with van der Waals surface area (Å²) in [4.78, 5) is 37.2. The maximum absolute atomic E-state index is 12.8. The van der Waals surface area contributed by atoms with Crippen molar-refractivity contribution < 1.29 is 42.9 Å². The van der Waals surface area contributed by atoms with Gasteiger partial charge < -0.3 is 28.5 Å². The van der Waals surface area contributed by atoms with Crippen LogP contribution in [0.3, 0.4) is 0 Å². The molecule has 358 valence electrons. The van der Waals surface area contributed by atoms with Gasteiger partial charge in [-0.25, -0.2) is 4.79 Å². The smallest absolute Gasteiger partial charge is 0.361 e. The lowest BCUT2D eigenvalue weighted by Gasteiger charge is -2.25. The van der Waals surface area contributed by atoms with E-state index in [4.69, 9.17) is 18.9 Å². The molecule has 0 heterocycles. The summed E-state index contributed by atoms with van der Waals surface area (Å²) in [6, 6.07) is 0. The summed E-state index contributed by atoms with van der Waals surface area (Å²) in [7, 11) is 5.95. The lowest BCUT2D eigenvalue weighted by molar-refractivity contribution is -0.870. The average molecular weight is 873 g/mol. The lowest BCUT2D eigenvalue weighted by Crippen LogP contribution is -2.40. The first-order valence-corrected chi connectivity index (χ1v) is 25.0. The fourth-order valence-electron chi connectivity index (χ4n) is 6.64. The standard InChI is InChI=1S/C53H93NO8/c1-6-8-10-12-14-16-18-20-22-24-26-28-30-32-34-36-38-40-42-44-51(56)62-49(48-61-53(52(57)58)59-46-45-54(3,4)5)47-60-50(55)43-41-39-37-35-33-31-29-27-25-23-21-19-17-15-13-11-9-7-2/h8,10,14,16,20,22-23,25-26,28,49,53H,6-7,9,11-13,15,17-19,21,24,27,29-48H2,1-5H3/p+1/b10-8-,16-14-,22-20-,25-23-,28-26-. The van der Waals surface area contributed by atoms with Crippen LogP contribution in [-0.2, 0) is 33.3 Å². The van der Waals surface area contributed by atoms with E-state index in [-0.39, 0.29) is 32.2 Å². The van der Waals surface area contributed by atoms with E-state index >= 15 is 0 Å².